The zero-order chi connectivity index (χ0) is 27.7. The number of carbonyl (C=O) groups is 1. The number of benzene rings is 4. The number of hydrogen-bond donors (Lipinski definition) is 1. The third-order valence-corrected chi connectivity index (χ3v) is 7.72. The van der Waals surface area contributed by atoms with Crippen molar-refractivity contribution < 1.29 is 27.4 Å². The summed E-state index contributed by atoms with van der Waals surface area (Å²) in [4.78, 5) is 13.3. The summed E-state index contributed by atoms with van der Waals surface area (Å²) in [5, 5.41) is 2.83. The van der Waals surface area contributed by atoms with Crippen molar-refractivity contribution in [3.63, 3.8) is 0 Å². The summed E-state index contributed by atoms with van der Waals surface area (Å²) < 4.78 is 45.1. The van der Waals surface area contributed by atoms with Crippen molar-refractivity contribution in [2.24, 2.45) is 0 Å². The number of rotatable bonds is 12. The monoisotopic (exact) mass is 546 g/mol. The van der Waals surface area contributed by atoms with Gasteiger partial charge in [0.1, 0.15) is 23.9 Å². The van der Waals surface area contributed by atoms with E-state index < -0.39 is 15.9 Å². The highest BCUT2D eigenvalue weighted by Gasteiger charge is 2.28. The van der Waals surface area contributed by atoms with E-state index in [0.717, 1.165) is 11.3 Å². The molecule has 8 nitrogen and oxygen atoms in total. The van der Waals surface area contributed by atoms with Crippen LogP contribution in [0.5, 0.6) is 17.2 Å². The highest BCUT2D eigenvalue weighted by Crippen LogP contribution is 2.30. The molecule has 0 radical (unpaired) electrons. The van der Waals surface area contributed by atoms with E-state index in [0.29, 0.717) is 11.5 Å². The maximum absolute atomic E-state index is 13.9. The Morgan fingerprint density at radius 3 is 1.95 bits per heavy atom. The van der Waals surface area contributed by atoms with Gasteiger partial charge < -0.3 is 19.5 Å². The zero-order valence-corrected chi connectivity index (χ0v) is 22.6. The lowest BCUT2D eigenvalue weighted by molar-refractivity contribution is 0.0947. The second kappa shape index (κ2) is 12.8. The molecule has 9 heteroatoms. The van der Waals surface area contributed by atoms with Crippen LogP contribution in [0, 0.1) is 0 Å². The summed E-state index contributed by atoms with van der Waals surface area (Å²) in [7, 11) is -0.932. The molecule has 0 aromatic heterocycles. The lowest BCUT2D eigenvalue weighted by Crippen LogP contribution is -2.34. The standard InChI is InChI=1S/C30H30N2O6S/c1-36-24-12-14-26(15-13-24)38-21-20-31-30(33)28-10-6-7-11-29(28)32(22-23-8-4-3-5-9-23)39(34,35)27-18-16-25(37-2)17-19-27/h3-19H,20-22H2,1-2H3,(H,31,33). The van der Waals surface area contributed by atoms with Crippen molar-refractivity contribution in [1.29, 1.82) is 0 Å². The van der Waals surface area contributed by atoms with Crippen LogP contribution in [0.25, 0.3) is 0 Å². The summed E-state index contributed by atoms with van der Waals surface area (Å²) in [6.45, 7) is 0.501. The maximum atomic E-state index is 13.9. The van der Waals surface area contributed by atoms with Crippen LogP contribution < -0.4 is 23.8 Å². The van der Waals surface area contributed by atoms with Gasteiger partial charge in [-0.15, -0.1) is 0 Å². The zero-order valence-electron chi connectivity index (χ0n) is 21.7. The molecular weight excluding hydrogens is 516 g/mol. The van der Waals surface area contributed by atoms with E-state index in [9.17, 15) is 13.2 Å². The SMILES string of the molecule is COc1ccc(OCCNC(=O)c2ccccc2N(Cc2ccccc2)S(=O)(=O)c2ccc(OC)cc2)cc1. The van der Waals surface area contributed by atoms with E-state index in [4.69, 9.17) is 14.2 Å². The van der Waals surface area contributed by atoms with Gasteiger partial charge in [-0.3, -0.25) is 9.10 Å². The van der Waals surface area contributed by atoms with E-state index in [1.54, 1.807) is 67.8 Å². The molecule has 0 atom stereocenters. The van der Waals surface area contributed by atoms with Crippen LogP contribution in [0.1, 0.15) is 15.9 Å². The Bertz CT molecular complexity index is 1470. The Morgan fingerprint density at radius 2 is 1.31 bits per heavy atom. The second-order valence-corrected chi connectivity index (χ2v) is 10.3. The van der Waals surface area contributed by atoms with Crippen LogP contribution in [-0.2, 0) is 16.6 Å². The molecule has 0 saturated carbocycles. The van der Waals surface area contributed by atoms with Crippen molar-refractivity contribution in [3.05, 3.63) is 114 Å². The predicted octanol–water partition coefficient (Wildman–Crippen LogP) is 4.91. The average molecular weight is 547 g/mol. The first-order chi connectivity index (χ1) is 18.9. The molecule has 0 aliphatic carbocycles. The van der Waals surface area contributed by atoms with Crippen molar-refractivity contribution in [3.8, 4) is 17.2 Å². The largest absolute Gasteiger partial charge is 0.497 e. The quantitative estimate of drug-likeness (QED) is 0.254. The lowest BCUT2D eigenvalue weighted by Gasteiger charge is -2.26. The van der Waals surface area contributed by atoms with Crippen molar-refractivity contribution in [2.75, 3.05) is 31.7 Å². The van der Waals surface area contributed by atoms with Gasteiger partial charge in [0.2, 0.25) is 0 Å². The number of amides is 1. The normalized spacial score (nSPS) is 10.9. The molecule has 1 N–H and O–H groups in total. The minimum absolute atomic E-state index is 0.0417. The van der Waals surface area contributed by atoms with E-state index in [-0.39, 0.29) is 35.8 Å². The topological polar surface area (TPSA) is 94.2 Å². The molecule has 39 heavy (non-hydrogen) atoms. The predicted molar refractivity (Wildman–Crippen MR) is 150 cm³/mol. The number of methoxy groups -OCH3 is 2. The van der Waals surface area contributed by atoms with Crippen LogP contribution in [0.4, 0.5) is 5.69 Å². The van der Waals surface area contributed by atoms with Gasteiger partial charge in [-0.2, -0.15) is 0 Å². The van der Waals surface area contributed by atoms with Crippen molar-refractivity contribution >= 4 is 21.6 Å². The fourth-order valence-corrected chi connectivity index (χ4v) is 5.38. The number of carbonyl (C=O) groups excluding carboxylic acids is 1. The van der Waals surface area contributed by atoms with Gasteiger partial charge in [0.25, 0.3) is 15.9 Å². The minimum atomic E-state index is -4.04. The molecule has 0 aliphatic rings. The Morgan fingerprint density at radius 1 is 0.744 bits per heavy atom. The Hall–Kier alpha value is -4.50. The molecule has 0 heterocycles. The van der Waals surface area contributed by atoms with E-state index in [1.807, 2.05) is 30.3 Å². The second-order valence-electron chi connectivity index (χ2n) is 8.47. The Balaban J connectivity index is 1.57. The first-order valence-electron chi connectivity index (χ1n) is 12.3. The van der Waals surface area contributed by atoms with Crippen molar-refractivity contribution in [1.82, 2.24) is 5.32 Å². The number of sulfonamides is 1. The molecule has 202 valence electrons. The van der Waals surface area contributed by atoms with Gasteiger partial charge in [0.15, 0.2) is 0 Å². The first-order valence-corrected chi connectivity index (χ1v) is 13.7. The van der Waals surface area contributed by atoms with Gasteiger partial charge in [0, 0.05) is 0 Å². The molecule has 4 aromatic rings. The first kappa shape index (κ1) is 27.5. The maximum Gasteiger partial charge on any atom is 0.264 e. The van der Waals surface area contributed by atoms with Gasteiger partial charge in [-0.05, 0) is 66.2 Å². The molecule has 0 spiro atoms. The molecule has 0 unspecified atom stereocenters. The third-order valence-electron chi connectivity index (χ3n) is 5.95. The summed E-state index contributed by atoms with van der Waals surface area (Å²) in [6.07, 6.45) is 0. The molecule has 0 fully saturated rings. The van der Waals surface area contributed by atoms with Crippen LogP contribution in [0.15, 0.2) is 108 Å². The van der Waals surface area contributed by atoms with Gasteiger partial charge in [-0.1, -0.05) is 42.5 Å². The van der Waals surface area contributed by atoms with Crippen LogP contribution >= 0.6 is 0 Å². The number of anilines is 1. The fraction of sp³-hybridized carbons (Fsp3) is 0.167. The number of nitrogens with zero attached hydrogens (tertiary/aromatic N) is 1. The van der Waals surface area contributed by atoms with Crippen LogP contribution in [-0.4, -0.2) is 41.7 Å². The van der Waals surface area contributed by atoms with E-state index in [2.05, 4.69) is 5.32 Å². The third kappa shape index (κ3) is 6.88. The van der Waals surface area contributed by atoms with E-state index >= 15 is 0 Å². The van der Waals surface area contributed by atoms with Gasteiger partial charge in [0.05, 0.1) is 43.5 Å². The molecule has 4 rings (SSSR count). The number of hydrogen-bond acceptors (Lipinski definition) is 6. The Labute approximate surface area is 228 Å². The summed E-state index contributed by atoms with van der Waals surface area (Å²) in [5.74, 6) is 1.49. The average Bonchev–Trinajstić information content (AvgIpc) is 2.98. The molecule has 0 bridgehead atoms. The van der Waals surface area contributed by atoms with Crippen molar-refractivity contribution in [2.45, 2.75) is 11.4 Å². The lowest BCUT2D eigenvalue weighted by atomic mass is 10.1. The highest BCUT2D eigenvalue weighted by molar-refractivity contribution is 7.92. The summed E-state index contributed by atoms with van der Waals surface area (Å²) in [6, 6.07) is 29.2. The highest BCUT2D eigenvalue weighted by atomic mass is 32.2. The molecule has 0 saturated heterocycles. The molecular formula is C30H30N2O6S. The Kier molecular flexibility index (Phi) is 9.06. The smallest absolute Gasteiger partial charge is 0.264 e. The number of para-hydroxylation sites is 1. The number of nitrogens with one attached hydrogen (secondary N) is 1. The number of ether oxygens (including phenoxy) is 3. The molecule has 1 amide bonds. The summed E-state index contributed by atoms with van der Waals surface area (Å²) in [5.41, 5.74) is 1.28. The van der Waals surface area contributed by atoms with Gasteiger partial charge >= 0.3 is 0 Å². The molecule has 4 aromatic carbocycles. The van der Waals surface area contributed by atoms with Crippen LogP contribution in [0.2, 0.25) is 0 Å². The van der Waals surface area contributed by atoms with Crippen LogP contribution in [0.3, 0.4) is 0 Å². The summed E-state index contributed by atoms with van der Waals surface area (Å²) >= 11 is 0. The molecule has 0 aliphatic heterocycles. The van der Waals surface area contributed by atoms with Gasteiger partial charge in [-0.25, -0.2) is 8.42 Å². The van der Waals surface area contributed by atoms with E-state index in [1.165, 1.54) is 23.5 Å². The fourth-order valence-electron chi connectivity index (χ4n) is 3.91. The minimum Gasteiger partial charge on any atom is -0.497 e.